The molecule has 0 fully saturated rings. The molecule has 0 saturated carbocycles. The van der Waals surface area contributed by atoms with Gasteiger partial charge in [-0.05, 0) is 32.2 Å². The van der Waals surface area contributed by atoms with Crippen LogP contribution in [0.25, 0.3) is 0 Å². The smallest absolute Gasteiger partial charge is 0.255 e. The molecule has 0 aromatic carbocycles. The van der Waals surface area contributed by atoms with Crippen LogP contribution in [-0.2, 0) is 12.1 Å². The van der Waals surface area contributed by atoms with E-state index in [1.165, 1.54) is 11.3 Å². The van der Waals surface area contributed by atoms with Crippen LogP contribution in [0.15, 0.2) is 17.5 Å². The average molecular weight is 342 g/mol. The highest BCUT2D eigenvalue weighted by molar-refractivity contribution is 7.10. The first-order valence-corrected chi connectivity index (χ1v) is 8.42. The molecule has 0 bridgehead atoms. The first kappa shape index (κ1) is 17.0. The Morgan fingerprint density at radius 1 is 1.55 bits per heavy atom. The van der Waals surface area contributed by atoms with E-state index in [4.69, 9.17) is 11.6 Å². The number of aromatic nitrogens is 2. The monoisotopic (exact) mass is 341 g/mol. The second kappa shape index (κ2) is 6.81. The lowest BCUT2D eigenvalue weighted by atomic mass is 10.0. The fourth-order valence-electron chi connectivity index (χ4n) is 2.34. The predicted octanol–water partition coefficient (Wildman–Crippen LogP) is 2.44. The van der Waals surface area contributed by atoms with Crippen molar-refractivity contribution in [2.45, 2.75) is 32.9 Å². The van der Waals surface area contributed by atoms with E-state index in [0.717, 1.165) is 10.6 Å². The number of alkyl halides is 1. The highest BCUT2D eigenvalue weighted by Gasteiger charge is 2.26. The van der Waals surface area contributed by atoms with Gasteiger partial charge in [-0.2, -0.15) is 5.10 Å². The van der Waals surface area contributed by atoms with Crippen molar-refractivity contribution in [1.82, 2.24) is 15.1 Å². The fraction of sp³-hybridized carbons (Fsp3) is 0.467. The van der Waals surface area contributed by atoms with E-state index in [0.29, 0.717) is 23.7 Å². The SMILES string of the molecule is Cc1nn(CCCl)c(C)c1C(=O)NCC(C)(O)c1cccs1. The van der Waals surface area contributed by atoms with Crippen LogP contribution in [0.2, 0.25) is 0 Å². The van der Waals surface area contributed by atoms with Crippen molar-refractivity contribution in [3.63, 3.8) is 0 Å². The summed E-state index contributed by atoms with van der Waals surface area (Å²) in [5.41, 5.74) is 0.909. The van der Waals surface area contributed by atoms with Crippen molar-refractivity contribution in [2.24, 2.45) is 0 Å². The first-order chi connectivity index (χ1) is 10.4. The molecule has 2 N–H and O–H groups in total. The molecule has 2 aromatic rings. The van der Waals surface area contributed by atoms with Gasteiger partial charge in [-0.25, -0.2) is 0 Å². The van der Waals surface area contributed by atoms with Gasteiger partial charge in [0.15, 0.2) is 0 Å². The molecular weight excluding hydrogens is 322 g/mol. The molecule has 120 valence electrons. The second-order valence-electron chi connectivity index (χ2n) is 5.39. The Balaban J connectivity index is 2.10. The van der Waals surface area contributed by atoms with Crippen LogP contribution in [0, 0.1) is 13.8 Å². The third-order valence-electron chi connectivity index (χ3n) is 3.55. The van der Waals surface area contributed by atoms with E-state index >= 15 is 0 Å². The van der Waals surface area contributed by atoms with E-state index in [9.17, 15) is 9.90 Å². The Morgan fingerprint density at radius 3 is 2.86 bits per heavy atom. The Hall–Kier alpha value is -1.37. The largest absolute Gasteiger partial charge is 0.383 e. The van der Waals surface area contributed by atoms with Gasteiger partial charge in [0, 0.05) is 16.5 Å². The number of thiophene rings is 1. The number of hydrogen-bond acceptors (Lipinski definition) is 4. The van der Waals surface area contributed by atoms with Gasteiger partial charge in [-0.1, -0.05) is 6.07 Å². The van der Waals surface area contributed by atoms with Crippen LogP contribution in [-0.4, -0.2) is 33.2 Å². The number of carbonyl (C=O) groups is 1. The van der Waals surface area contributed by atoms with Crippen molar-refractivity contribution in [3.05, 3.63) is 39.3 Å². The van der Waals surface area contributed by atoms with E-state index in [1.807, 2.05) is 24.4 Å². The van der Waals surface area contributed by atoms with Crippen molar-refractivity contribution >= 4 is 28.8 Å². The maximum atomic E-state index is 12.4. The predicted molar refractivity (Wildman–Crippen MR) is 88.6 cm³/mol. The highest BCUT2D eigenvalue weighted by Crippen LogP contribution is 2.24. The zero-order valence-electron chi connectivity index (χ0n) is 12.9. The molecule has 0 radical (unpaired) electrons. The second-order valence-corrected chi connectivity index (χ2v) is 6.72. The summed E-state index contributed by atoms with van der Waals surface area (Å²) < 4.78 is 1.73. The van der Waals surface area contributed by atoms with E-state index < -0.39 is 5.60 Å². The lowest BCUT2D eigenvalue weighted by Crippen LogP contribution is -2.38. The summed E-state index contributed by atoms with van der Waals surface area (Å²) in [5, 5.41) is 19.5. The van der Waals surface area contributed by atoms with Crippen molar-refractivity contribution in [1.29, 1.82) is 0 Å². The van der Waals surface area contributed by atoms with Crippen molar-refractivity contribution < 1.29 is 9.90 Å². The van der Waals surface area contributed by atoms with E-state index in [1.54, 1.807) is 18.5 Å². The number of aryl methyl sites for hydroxylation is 2. The molecular formula is C15H20ClN3O2S. The maximum absolute atomic E-state index is 12.4. The Bertz CT molecular complexity index is 650. The van der Waals surface area contributed by atoms with Crippen LogP contribution in [0.1, 0.15) is 33.5 Å². The summed E-state index contributed by atoms with van der Waals surface area (Å²) >= 11 is 7.20. The molecule has 0 aliphatic rings. The number of amides is 1. The molecule has 0 aliphatic carbocycles. The summed E-state index contributed by atoms with van der Waals surface area (Å²) in [4.78, 5) is 13.2. The van der Waals surface area contributed by atoms with Gasteiger partial charge >= 0.3 is 0 Å². The number of nitrogens with zero attached hydrogens (tertiary/aromatic N) is 2. The molecule has 0 spiro atoms. The molecule has 0 saturated heterocycles. The first-order valence-electron chi connectivity index (χ1n) is 7.01. The number of carbonyl (C=O) groups excluding carboxylic acids is 1. The topological polar surface area (TPSA) is 67.2 Å². The standard InChI is InChI=1S/C15H20ClN3O2S/c1-10-13(11(2)19(18-10)7-6-16)14(20)17-9-15(3,21)12-5-4-8-22-12/h4-5,8,21H,6-7,9H2,1-3H3,(H,17,20). The number of halogens is 1. The van der Waals surface area contributed by atoms with Crippen LogP contribution in [0.5, 0.6) is 0 Å². The fourth-order valence-corrected chi connectivity index (χ4v) is 3.28. The quantitative estimate of drug-likeness (QED) is 0.793. The zero-order chi connectivity index (χ0) is 16.3. The minimum atomic E-state index is -1.09. The third kappa shape index (κ3) is 3.51. The summed E-state index contributed by atoms with van der Waals surface area (Å²) in [6.07, 6.45) is 0. The number of rotatable bonds is 6. The molecule has 2 heterocycles. The molecule has 1 unspecified atom stereocenters. The van der Waals surface area contributed by atoms with Crippen LogP contribution < -0.4 is 5.32 Å². The third-order valence-corrected chi connectivity index (χ3v) is 4.84. The Morgan fingerprint density at radius 2 is 2.27 bits per heavy atom. The lowest BCUT2D eigenvalue weighted by Gasteiger charge is -2.22. The van der Waals surface area contributed by atoms with E-state index in [2.05, 4.69) is 10.4 Å². The van der Waals surface area contributed by atoms with E-state index in [-0.39, 0.29) is 12.5 Å². The maximum Gasteiger partial charge on any atom is 0.255 e. The normalized spacial score (nSPS) is 13.9. The van der Waals surface area contributed by atoms with Gasteiger partial charge in [0.05, 0.1) is 24.3 Å². The van der Waals surface area contributed by atoms with Crippen molar-refractivity contribution in [2.75, 3.05) is 12.4 Å². The molecule has 22 heavy (non-hydrogen) atoms. The Kier molecular flexibility index (Phi) is 5.26. The number of nitrogens with one attached hydrogen (secondary N) is 1. The highest BCUT2D eigenvalue weighted by atomic mass is 35.5. The van der Waals surface area contributed by atoms with Gasteiger partial charge < -0.3 is 10.4 Å². The minimum Gasteiger partial charge on any atom is -0.383 e. The van der Waals surface area contributed by atoms with Gasteiger partial charge in [-0.15, -0.1) is 22.9 Å². The average Bonchev–Trinajstić information content (AvgIpc) is 3.07. The Labute approximate surface area is 138 Å². The summed E-state index contributed by atoms with van der Waals surface area (Å²) in [6, 6.07) is 3.73. The minimum absolute atomic E-state index is 0.145. The van der Waals surface area contributed by atoms with Crippen LogP contribution >= 0.6 is 22.9 Å². The molecule has 2 aromatic heterocycles. The van der Waals surface area contributed by atoms with Crippen LogP contribution in [0.3, 0.4) is 0 Å². The molecule has 1 amide bonds. The molecule has 1 atom stereocenters. The van der Waals surface area contributed by atoms with Crippen LogP contribution in [0.4, 0.5) is 0 Å². The summed E-state index contributed by atoms with van der Waals surface area (Å²) in [6.45, 7) is 6.04. The van der Waals surface area contributed by atoms with Gasteiger partial charge in [-0.3, -0.25) is 9.48 Å². The molecule has 5 nitrogen and oxygen atoms in total. The molecule has 0 aliphatic heterocycles. The van der Waals surface area contributed by atoms with Gasteiger partial charge in [0.1, 0.15) is 5.60 Å². The summed E-state index contributed by atoms with van der Waals surface area (Å²) in [7, 11) is 0. The summed E-state index contributed by atoms with van der Waals surface area (Å²) in [5.74, 6) is 0.212. The molecule has 2 rings (SSSR count). The molecule has 7 heteroatoms. The zero-order valence-corrected chi connectivity index (χ0v) is 14.5. The number of hydrogen-bond donors (Lipinski definition) is 2. The lowest BCUT2D eigenvalue weighted by molar-refractivity contribution is 0.0556. The van der Waals surface area contributed by atoms with Gasteiger partial charge in [0.2, 0.25) is 0 Å². The van der Waals surface area contributed by atoms with Crippen molar-refractivity contribution in [3.8, 4) is 0 Å². The number of aliphatic hydroxyl groups is 1. The van der Waals surface area contributed by atoms with Gasteiger partial charge in [0.25, 0.3) is 5.91 Å².